The molecule has 1 aliphatic rings. The maximum atomic E-state index is 10.7. The van der Waals surface area contributed by atoms with Gasteiger partial charge in [0.15, 0.2) is 0 Å². The molecule has 1 saturated heterocycles. The highest BCUT2D eigenvalue weighted by Crippen LogP contribution is 2.18. The molecule has 0 saturated carbocycles. The lowest BCUT2D eigenvalue weighted by Gasteiger charge is -1.94. The van der Waals surface area contributed by atoms with Crippen molar-refractivity contribution in [3.63, 3.8) is 0 Å². The van der Waals surface area contributed by atoms with E-state index in [1.807, 2.05) is 19.9 Å². The third-order valence-electron chi connectivity index (χ3n) is 2.13. The van der Waals surface area contributed by atoms with Gasteiger partial charge in [-0.2, -0.15) is 0 Å². The quantitative estimate of drug-likeness (QED) is 0.501. The number of ether oxygens (including phenoxy) is 1. The smallest absolute Gasteiger partial charge is 0.334 e. The van der Waals surface area contributed by atoms with Crippen LogP contribution in [0.5, 0.6) is 0 Å². The van der Waals surface area contributed by atoms with E-state index in [2.05, 4.69) is 13.8 Å². The Bertz CT molecular complexity index is 192. The van der Waals surface area contributed by atoms with Gasteiger partial charge >= 0.3 is 5.97 Å². The first-order valence-corrected chi connectivity index (χ1v) is 5.51. The van der Waals surface area contributed by atoms with Gasteiger partial charge in [0.1, 0.15) is 6.10 Å². The van der Waals surface area contributed by atoms with Gasteiger partial charge in [-0.05, 0) is 13.8 Å². The van der Waals surface area contributed by atoms with E-state index in [4.69, 9.17) is 4.74 Å². The van der Waals surface area contributed by atoms with Gasteiger partial charge in [0.2, 0.25) is 0 Å². The van der Waals surface area contributed by atoms with Crippen molar-refractivity contribution in [2.24, 2.45) is 0 Å². The van der Waals surface area contributed by atoms with Crippen LogP contribution in [0.2, 0.25) is 0 Å². The van der Waals surface area contributed by atoms with Crippen molar-refractivity contribution in [2.45, 2.75) is 59.5 Å². The summed E-state index contributed by atoms with van der Waals surface area (Å²) in [6.07, 6.45) is 6.75. The summed E-state index contributed by atoms with van der Waals surface area (Å²) >= 11 is 0. The Labute approximate surface area is 87.3 Å². The van der Waals surface area contributed by atoms with Gasteiger partial charge in [0.05, 0.1) is 0 Å². The molecule has 0 aromatic heterocycles. The molecule has 0 spiro atoms. The summed E-state index contributed by atoms with van der Waals surface area (Å²) < 4.78 is 4.86. The minimum Gasteiger partial charge on any atom is -0.459 e. The summed E-state index contributed by atoms with van der Waals surface area (Å²) in [7, 11) is 0. The van der Waals surface area contributed by atoms with E-state index in [-0.39, 0.29) is 12.1 Å². The molecule has 14 heavy (non-hydrogen) atoms. The van der Waals surface area contributed by atoms with E-state index < -0.39 is 0 Å². The zero-order chi connectivity index (χ0) is 11.0. The average Bonchev–Trinajstić information content (AvgIpc) is 2.47. The summed E-state index contributed by atoms with van der Waals surface area (Å²) in [5.41, 5.74) is 0.808. The number of cyclic esters (lactones) is 1. The fraction of sp³-hybridized carbons (Fsp3) is 0.750. The van der Waals surface area contributed by atoms with Gasteiger partial charge in [0.25, 0.3) is 0 Å². The second kappa shape index (κ2) is 7.60. The molecule has 1 rings (SSSR count). The number of carbonyl (C=O) groups excluding carboxylic acids is 1. The molecule has 0 aromatic carbocycles. The standard InChI is InChI=1S/C7H10O2.C5H12/c1-3-6-4-5(2)9-7(6)8;1-3-5-4-2/h3,5H,4H2,1-2H3;3-5H2,1-2H3/b6-3-;. The first-order chi connectivity index (χ1) is 6.65. The van der Waals surface area contributed by atoms with Crippen LogP contribution in [-0.2, 0) is 9.53 Å². The van der Waals surface area contributed by atoms with E-state index in [1.54, 1.807) is 0 Å². The maximum Gasteiger partial charge on any atom is 0.334 e. The maximum absolute atomic E-state index is 10.7. The van der Waals surface area contributed by atoms with E-state index in [0.29, 0.717) is 0 Å². The lowest BCUT2D eigenvalue weighted by molar-refractivity contribution is -0.138. The molecule has 0 aliphatic carbocycles. The largest absolute Gasteiger partial charge is 0.459 e. The van der Waals surface area contributed by atoms with Crippen molar-refractivity contribution < 1.29 is 9.53 Å². The fourth-order valence-corrected chi connectivity index (χ4v) is 1.28. The zero-order valence-electron chi connectivity index (χ0n) is 9.80. The molecule has 2 nitrogen and oxygen atoms in total. The first-order valence-electron chi connectivity index (χ1n) is 5.51. The van der Waals surface area contributed by atoms with Crippen LogP contribution in [0.4, 0.5) is 0 Å². The van der Waals surface area contributed by atoms with Gasteiger partial charge in [0, 0.05) is 12.0 Å². The summed E-state index contributed by atoms with van der Waals surface area (Å²) in [6.45, 7) is 8.18. The zero-order valence-corrected chi connectivity index (χ0v) is 9.80. The van der Waals surface area contributed by atoms with Crippen LogP contribution in [0.25, 0.3) is 0 Å². The molecule has 0 radical (unpaired) electrons. The number of carbonyl (C=O) groups is 1. The van der Waals surface area contributed by atoms with Crippen molar-refractivity contribution in [1.29, 1.82) is 0 Å². The number of hydrogen-bond donors (Lipinski definition) is 0. The van der Waals surface area contributed by atoms with Crippen LogP contribution in [-0.4, -0.2) is 12.1 Å². The minimum atomic E-state index is -0.148. The van der Waals surface area contributed by atoms with Gasteiger partial charge in [-0.25, -0.2) is 4.79 Å². The van der Waals surface area contributed by atoms with Gasteiger partial charge in [-0.1, -0.05) is 39.2 Å². The van der Waals surface area contributed by atoms with Crippen molar-refractivity contribution in [1.82, 2.24) is 0 Å². The normalized spacial score (nSPS) is 23.0. The third kappa shape index (κ3) is 5.05. The Morgan fingerprint density at radius 1 is 1.43 bits per heavy atom. The van der Waals surface area contributed by atoms with Gasteiger partial charge in [-0.15, -0.1) is 0 Å². The monoisotopic (exact) mass is 198 g/mol. The molecule has 0 amide bonds. The van der Waals surface area contributed by atoms with Gasteiger partial charge < -0.3 is 4.74 Å². The van der Waals surface area contributed by atoms with Gasteiger partial charge in [-0.3, -0.25) is 0 Å². The van der Waals surface area contributed by atoms with Crippen LogP contribution in [0.15, 0.2) is 11.6 Å². The number of allylic oxidation sites excluding steroid dienone is 1. The molecular formula is C12H22O2. The molecule has 1 unspecified atom stereocenters. The van der Waals surface area contributed by atoms with E-state index in [1.165, 1.54) is 19.3 Å². The van der Waals surface area contributed by atoms with Crippen LogP contribution in [0.1, 0.15) is 53.4 Å². The number of rotatable bonds is 2. The Morgan fingerprint density at radius 2 is 2.00 bits per heavy atom. The average molecular weight is 198 g/mol. The highest BCUT2D eigenvalue weighted by molar-refractivity contribution is 5.90. The molecule has 0 N–H and O–H groups in total. The molecule has 0 bridgehead atoms. The minimum absolute atomic E-state index is 0.0868. The molecular weight excluding hydrogens is 176 g/mol. The Morgan fingerprint density at radius 3 is 2.14 bits per heavy atom. The Kier molecular flexibility index (Phi) is 7.17. The predicted molar refractivity (Wildman–Crippen MR) is 59.1 cm³/mol. The van der Waals surface area contributed by atoms with Crippen molar-refractivity contribution in [3.05, 3.63) is 11.6 Å². The van der Waals surface area contributed by atoms with Crippen LogP contribution < -0.4 is 0 Å². The SMILES string of the molecule is C/C=C1/CC(C)OC1=O.CCCCC. The number of unbranched alkanes of at least 4 members (excludes halogenated alkanes) is 2. The summed E-state index contributed by atoms with van der Waals surface area (Å²) in [5, 5.41) is 0. The lowest BCUT2D eigenvalue weighted by atomic mass is 10.2. The molecule has 1 fully saturated rings. The highest BCUT2D eigenvalue weighted by atomic mass is 16.5. The van der Waals surface area contributed by atoms with E-state index in [9.17, 15) is 4.79 Å². The Balaban J connectivity index is 0.000000292. The number of hydrogen-bond acceptors (Lipinski definition) is 2. The summed E-state index contributed by atoms with van der Waals surface area (Å²) in [6, 6.07) is 0. The topological polar surface area (TPSA) is 26.3 Å². The third-order valence-corrected chi connectivity index (χ3v) is 2.13. The van der Waals surface area contributed by atoms with Crippen LogP contribution in [0, 0.1) is 0 Å². The van der Waals surface area contributed by atoms with Crippen LogP contribution >= 0.6 is 0 Å². The second-order valence-electron chi connectivity index (χ2n) is 3.59. The molecule has 1 aliphatic heterocycles. The fourth-order valence-electron chi connectivity index (χ4n) is 1.28. The predicted octanol–water partition coefficient (Wildman–Crippen LogP) is 3.46. The first kappa shape index (κ1) is 13.2. The Hall–Kier alpha value is -0.790. The molecule has 82 valence electrons. The molecule has 1 heterocycles. The lowest BCUT2D eigenvalue weighted by Crippen LogP contribution is -1.99. The van der Waals surface area contributed by atoms with Crippen molar-refractivity contribution in [3.8, 4) is 0 Å². The van der Waals surface area contributed by atoms with Crippen LogP contribution in [0.3, 0.4) is 0 Å². The molecule has 0 aromatic rings. The molecule has 1 atom stereocenters. The second-order valence-corrected chi connectivity index (χ2v) is 3.59. The van der Waals surface area contributed by atoms with E-state index in [0.717, 1.165) is 12.0 Å². The summed E-state index contributed by atoms with van der Waals surface area (Å²) in [5.74, 6) is -0.148. The summed E-state index contributed by atoms with van der Waals surface area (Å²) in [4.78, 5) is 10.7. The number of esters is 1. The molecule has 2 heteroatoms. The van der Waals surface area contributed by atoms with E-state index >= 15 is 0 Å². The van der Waals surface area contributed by atoms with Crippen molar-refractivity contribution in [2.75, 3.05) is 0 Å². The van der Waals surface area contributed by atoms with Crippen molar-refractivity contribution >= 4 is 5.97 Å². The highest BCUT2D eigenvalue weighted by Gasteiger charge is 2.23.